The number of benzene rings is 2. The second kappa shape index (κ2) is 8.04. The van der Waals surface area contributed by atoms with Crippen LogP contribution in [0.15, 0.2) is 49.6 Å². The average Bonchev–Trinajstić information content (AvgIpc) is 3.02. The van der Waals surface area contributed by atoms with Crippen LogP contribution in [0.25, 0.3) is 9.81 Å². The first-order chi connectivity index (χ1) is 12.9. The monoisotopic (exact) mass is 376 g/mol. The molecule has 2 aromatic rings. The van der Waals surface area contributed by atoms with Crippen molar-refractivity contribution in [1.82, 2.24) is 0 Å². The lowest BCUT2D eigenvalue weighted by molar-refractivity contribution is 0.241. The highest BCUT2D eigenvalue weighted by Crippen LogP contribution is 2.42. The van der Waals surface area contributed by atoms with Crippen molar-refractivity contribution in [3.63, 3.8) is 0 Å². The average molecular weight is 377 g/mol. The van der Waals surface area contributed by atoms with Gasteiger partial charge in [0.05, 0.1) is 11.7 Å². The minimum absolute atomic E-state index is 0.0202. The molecule has 0 spiro atoms. The van der Waals surface area contributed by atoms with Crippen molar-refractivity contribution in [2.75, 3.05) is 0 Å². The summed E-state index contributed by atoms with van der Waals surface area (Å²) in [6.07, 6.45) is 1.99. The van der Waals surface area contributed by atoms with Crippen LogP contribution in [-0.2, 0) is 6.42 Å². The Morgan fingerprint density at radius 2 is 2.04 bits per heavy atom. The molecule has 0 unspecified atom stereocenters. The van der Waals surface area contributed by atoms with Gasteiger partial charge in [-0.3, -0.25) is 0 Å². The molecule has 27 heavy (non-hydrogen) atoms. The van der Waals surface area contributed by atoms with E-state index >= 15 is 0 Å². The number of nitrogens with two attached hydrogens (primary N) is 1. The molecule has 0 aliphatic heterocycles. The summed E-state index contributed by atoms with van der Waals surface area (Å²) in [5.41, 5.74) is 11.3. The Morgan fingerprint density at radius 1 is 1.26 bits per heavy atom. The predicted molar refractivity (Wildman–Crippen MR) is 114 cm³/mol. The Kier molecular flexibility index (Phi) is 5.74. The van der Waals surface area contributed by atoms with Crippen molar-refractivity contribution < 1.29 is 4.74 Å². The minimum Gasteiger partial charge on any atom is -0.490 e. The van der Waals surface area contributed by atoms with Crippen LogP contribution in [0, 0.1) is 11.3 Å². The molecule has 2 aromatic carbocycles. The van der Waals surface area contributed by atoms with Crippen LogP contribution >= 0.6 is 11.8 Å². The van der Waals surface area contributed by atoms with Crippen molar-refractivity contribution in [3.05, 3.63) is 77.4 Å². The normalized spacial score (nSPS) is 15.3. The number of fused-ring (bicyclic) bond motifs is 1. The summed E-state index contributed by atoms with van der Waals surface area (Å²) in [7, 11) is 0. The number of nitriles is 1. The number of ether oxygens (including phenoxy) is 1. The number of rotatable bonds is 6. The van der Waals surface area contributed by atoms with Gasteiger partial charge in [0, 0.05) is 15.9 Å². The topological polar surface area (TPSA) is 59.0 Å². The van der Waals surface area contributed by atoms with E-state index in [0.29, 0.717) is 11.3 Å². The fourth-order valence-electron chi connectivity index (χ4n) is 3.36. The summed E-state index contributed by atoms with van der Waals surface area (Å²) < 4.78 is 5.69. The van der Waals surface area contributed by atoms with E-state index in [-0.39, 0.29) is 12.1 Å². The van der Waals surface area contributed by atoms with E-state index in [2.05, 4.69) is 31.4 Å². The summed E-state index contributed by atoms with van der Waals surface area (Å²) in [4.78, 5) is 1.81. The van der Waals surface area contributed by atoms with Gasteiger partial charge in [0.2, 0.25) is 0 Å². The maximum atomic E-state index is 9.43. The third-order valence-electron chi connectivity index (χ3n) is 4.65. The molecule has 0 aromatic heterocycles. The lowest BCUT2D eigenvalue weighted by Gasteiger charge is -2.15. The van der Waals surface area contributed by atoms with Gasteiger partial charge in [-0.1, -0.05) is 49.2 Å². The smallest absolute Gasteiger partial charge is 0.137 e. The third-order valence-corrected chi connectivity index (χ3v) is 5.60. The van der Waals surface area contributed by atoms with Gasteiger partial charge in [-0.25, -0.2) is 0 Å². The van der Waals surface area contributed by atoms with E-state index < -0.39 is 0 Å². The molecular weight excluding hydrogens is 352 g/mol. The zero-order valence-corrected chi connectivity index (χ0v) is 16.6. The van der Waals surface area contributed by atoms with Crippen molar-refractivity contribution in [1.29, 1.82) is 5.26 Å². The van der Waals surface area contributed by atoms with Gasteiger partial charge in [-0.2, -0.15) is 5.26 Å². The zero-order valence-electron chi connectivity index (χ0n) is 15.8. The highest BCUT2D eigenvalue weighted by molar-refractivity contribution is 8.16. The molecule has 0 fully saturated rings. The maximum absolute atomic E-state index is 9.43. The van der Waals surface area contributed by atoms with E-state index in [9.17, 15) is 5.26 Å². The molecule has 1 aliphatic rings. The van der Waals surface area contributed by atoms with Crippen LogP contribution in [0.5, 0.6) is 5.75 Å². The standard InChI is InChI=1S/C23H24N2OS/c1-14(2)26-23-11-8-17(12-18(23)13-24)15(3)27-16(4)19-6-5-7-21-20(19)9-10-22(21)25/h5-8,11-12,14,22H,3-4,9-10,25H2,1-2H3/t22-/m1/s1. The van der Waals surface area contributed by atoms with Gasteiger partial charge in [0.1, 0.15) is 11.8 Å². The fourth-order valence-corrected chi connectivity index (χ4v) is 4.20. The summed E-state index contributed by atoms with van der Waals surface area (Å²) in [5, 5.41) is 9.43. The van der Waals surface area contributed by atoms with Crippen LogP contribution in [0.4, 0.5) is 0 Å². The minimum atomic E-state index is 0.0202. The molecule has 0 saturated carbocycles. The molecule has 3 rings (SSSR count). The summed E-state index contributed by atoms with van der Waals surface area (Å²) in [6, 6.07) is 14.2. The molecule has 138 valence electrons. The zero-order chi connectivity index (χ0) is 19.6. The third kappa shape index (κ3) is 4.10. The van der Waals surface area contributed by atoms with Gasteiger partial charge < -0.3 is 10.5 Å². The largest absolute Gasteiger partial charge is 0.490 e. The molecule has 0 radical (unpaired) electrons. The molecular formula is C23H24N2OS. The lowest BCUT2D eigenvalue weighted by atomic mass is 10.0. The van der Waals surface area contributed by atoms with Gasteiger partial charge in [0.25, 0.3) is 0 Å². The van der Waals surface area contributed by atoms with Gasteiger partial charge >= 0.3 is 0 Å². The molecule has 3 nitrogen and oxygen atoms in total. The molecule has 1 aliphatic carbocycles. The molecule has 0 bridgehead atoms. The van der Waals surface area contributed by atoms with Crippen molar-refractivity contribution >= 4 is 21.6 Å². The van der Waals surface area contributed by atoms with Crippen molar-refractivity contribution in [2.45, 2.75) is 38.8 Å². The van der Waals surface area contributed by atoms with Gasteiger partial charge in [0.15, 0.2) is 0 Å². The number of nitrogens with zero attached hydrogens (tertiary/aromatic N) is 1. The van der Waals surface area contributed by atoms with Crippen LogP contribution in [0.2, 0.25) is 0 Å². The quantitative estimate of drug-likeness (QED) is 0.706. The van der Waals surface area contributed by atoms with E-state index in [1.165, 1.54) is 22.9 Å². The van der Waals surface area contributed by atoms with E-state index in [1.807, 2.05) is 38.1 Å². The molecule has 1 atom stereocenters. The summed E-state index contributed by atoms with van der Waals surface area (Å²) in [5.74, 6) is 0.600. The van der Waals surface area contributed by atoms with Crippen LogP contribution in [0.1, 0.15) is 54.1 Å². The van der Waals surface area contributed by atoms with Gasteiger partial charge in [-0.15, -0.1) is 0 Å². The molecule has 0 amide bonds. The van der Waals surface area contributed by atoms with E-state index in [0.717, 1.165) is 33.8 Å². The first-order valence-corrected chi connectivity index (χ1v) is 9.87. The van der Waals surface area contributed by atoms with Crippen LogP contribution < -0.4 is 10.5 Å². The Bertz CT molecular complexity index is 940. The second-order valence-corrected chi connectivity index (χ2v) is 8.15. The van der Waals surface area contributed by atoms with Crippen molar-refractivity contribution in [3.8, 4) is 11.8 Å². The number of hydrogen-bond acceptors (Lipinski definition) is 4. The Morgan fingerprint density at radius 3 is 2.74 bits per heavy atom. The van der Waals surface area contributed by atoms with Crippen molar-refractivity contribution in [2.24, 2.45) is 5.73 Å². The fraction of sp³-hybridized carbons (Fsp3) is 0.261. The van der Waals surface area contributed by atoms with Crippen LogP contribution in [-0.4, -0.2) is 6.10 Å². The summed E-state index contributed by atoms with van der Waals surface area (Å²) >= 11 is 1.53. The lowest BCUT2D eigenvalue weighted by Crippen LogP contribution is -2.06. The predicted octanol–water partition coefficient (Wildman–Crippen LogP) is 5.67. The Hall–Kier alpha value is -2.48. The van der Waals surface area contributed by atoms with Crippen LogP contribution in [0.3, 0.4) is 0 Å². The highest BCUT2D eigenvalue weighted by Gasteiger charge is 2.22. The van der Waals surface area contributed by atoms with E-state index in [1.54, 1.807) is 0 Å². The molecule has 0 heterocycles. The Balaban J connectivity index is 1.80. The molecule has 0 saturated heterocycles. The molecule has 2 N–H and O–H groups in total. The number of hydrogen-bond donors (Lipinski definition) is 1. The second-order valence-electron chi connectivity index (χ2n) is 6.96. The Labute approximate surface area is 165 Å². The van der Waals surface area contributed by atoms with E-state index in [4.69, 9.17) is 10.5 Å². The highest BCUT2D eigenvalue weighted by atomic mass is 32.2. The first-order valence-electron chi connectivity index (χ1n) is 9.05. The maximum Gasteiger partial charge on any atom is 0.137 e. The SMILES string of the molecule is C=C(SC(=C)c1cccc2c1CC[C@H]2N)c1ccc(OC(C)C)c(C#N)c1. The molecule has 4 heteroatoms. The first kappa shape index (κ1) is 19.3. The summed E-state index contributed by atoms with van der Waals surface area (Å²) in [6.45, 7) is 12.3. The van der Waals surface area contributed by atoms with Gasteiger partial charge in [-0.05, 0) is 61.1 Å². The number of thioether (sulfide) groups is 1.